The highest BCUT2D eigenvalue weighted by Crippen LogP contribution is 2.34. The molecule has 0 amide bonds. The summed E-state index contributed by atoms with van der Waals surface area (Å²) in [6.07, 6.45) is -1.80. The summed E-state index contributed by atoms with van der Waals surface area (Å²) in [6.45, 7) is 2.25. The van der Waals surface area contributed by atoms with E-state index in [9.17, 15) is 18.0 Å². The number of hydrogen-bond acceptors (Lipinski definition) is 8. The van der Waals surface area contributed by atoms with Gasteiger partial charge < -0.3 is 19.6 Å². The Hall–Kier alpha value is -4.15. The van der Waals surface area contributed by atoms with E-state index in [2.05, 4.69) is 20.5 Å². The van der Waals surface area contributed by atoms with Crippen molar-refractivity contribution < 1.29 is 32.2 Å². The van der Waals surface area contributed by atoms with E-state index in [0.717, 1.165) is 23.3 Å². The van der Waals surface area contributed by atoms with Crippen LogP contribution in [0, 0.1) is 0 Å². The predicted octanol–water partition coefficient (Wildman–Crippen LogP) is 4.63. The van der Waals surface area contributed by atoms with Crippen LogP contribution in [-0.4, -0.2) is 50.3 Å². The Labute approximate surface area is 200 Å². The lowest BCUT2D eigenvalue weighted by molar-refractivity contribution is -0.140. The Morgan fingerprint density at radius 3 is 2.14 bits per heavy atom. The first-order valence-corrected chi connectivity index (χ1v) is 10.3. The summed E-state index contributed by atoms with van der Waals surface area (Å²) in [5.41, 5.74) is 2.15. The van der Waals surface area contributed by atoms with Crippen molar-refractivity contribution in [2.75, 3.05) is 27.9 Å². The SMILES string of the molecule is CCOc1ccc(-c2nc(C=O)cnc2C(F)(F)F)cc1.CN/N=C/c1cc(OC)cc(OC)c1. The molecule has 0 spiro atoms. The number of benzene rings is 2. The number of rotatable bonds is 8. The standard InChI is InChI=1S/C14H11F3N2O2.C10H14N2O2/c1-2-21-11-5-3-9(4-6-11)12-13(14(15,16)17)18-7-10(8-20)19-12;1-11-12-7-8-4-9(13-2)6-10(5-8)14-3/h3-8H,2H2,1H3;4-7,11H,1-3H3/b;12-7+. The van der Waals surface area contributed by atoms with E-state index < -0.39 is 11.9 Å². The number of hydrazone groups is 1. The number of aldehydes is 1. The third-order valence-corrected chi connectivity index (χ3v) is 4.34. The van der Waals surface area contributed by atoms with Gasteiger partial charge in [0.15, 0.2) is 12.0 Å². The van der Waals surface area contributed by atoms with E-state index in [-0.39, 0.29) is 17.0 Å². The molecule has 3 rings (SSSR count). The lowest BCUT2D eigenvalue weighted by Gasteiger charge is -2.11. The quantitative estimate of drug-likeness (QED) is 0.279. The minimum Gasteiger partial charge on any atom is -0.497 e. The van der Waals surface area contributed by atoms with E-state index in [4.69, 9.17) is 14.2 Å². The average molecular weight is 490 g/mol. The number of hydrogen-bond donors (Lipinski definition) is 1. The molecule has 11 heteroatoms. The molecule has 2 aromatic carbocycles. The van der Waals surface area contributed by atoms with Gasteiger partial charge in [-0.25, -0.2) is 9.97 Å². The molecule has 8 nitrogen and oxygen atoms in total. The number of ether oxygens (including phenoxy) is 3. The lowest BCUT2D eigenvalue weighted by Crippen LogP contribution is -2.12. The summed E-state index contributed by atoms with van der Waals surface area (Å²) in [7, 11) is 4.98. The molecule has 0 aliphatic rings. The normalized spacial score (nSPS) is 10.8. The van der Waals surface area contributed by atoms with Crippen molar-refractivity contribution in [1.82, 2.24) is 15.4 Å². The maximum Gasteiger partial charge on any atom is 0.435 e. The fourth-order valence-electron chi connectivity index (χ4n) is 2.79. The summed E-state index contributed by atoms with van der Waals surface area (Å²) in [5, 5.41) is 3.91. The second kappa shape index (κ2) is 12.9. The number of nitrogens with one attached hydrogen (secondary N) is 1. The van der Waals surface area contributed by atoms with Crippen LogP contribution in [0.1, 0.15) is 28.7 Å². The zero-order valence-electron chi connectivity index (χ0n) is 19.6. The molecule has 0 saturated carbocycles. The molecule has 186 valence electrons. The molecule has 0 aliphatic heterocycles. The van der Waals surface area contributed by atoms with Gasteiger partial charge in [0.05, 0.1) is 33.2 Å². The number of halogens is 3. The minimum absolute atomic E-state index is 0.160. The third kappa shape index (κ3) is 7.98. The summed E-state index contributed by atoms with van der Waals surface area (Å²) in [5.74, 6) is 2.04. The van der Waals surface area contributed by atoms with E-state index >= 15 is 0 Å². The summed E-state index contributed by atoms with van der Waals surface area (Å²) >= 11 is 0. The molecule has 0 unspecified atom stereocenters. The monoisotopic (exact) mass is 490 g/mol. The number of alkyl halides is 3. The van der Waals surface area contributed by atoms with Crippen LogP contribution in [0.5, 0.6) is 17.2 Å². The second-order valence-electron chi connectivity index (χ2n) is 6.69. The van der Waals surface area contributed by atoms with E-state index in [1.165, 1.54) is 24.3 Å². The second-order valence-corrected chi connectivity index (χ2v) is 6.69. The van der Waals surface area contributed by atoms with Gasteiger partial charge in [0.1, 0.15) is 28.6 Å². The van der Waals surface area contributed by atoms with Gasteiger partial charge in [0.2, 0.25) is 0 Å². The van der Waals surface area contributed by atoms with Crippen LogP contribution in [0.15, 0.2) is 53.8 Å². The zero-order chi connectivity index (χ0) is 25.8. The summed E-state index contributed by atoms with van der Waals surface area (Å²) in [4.78, 5) is 17.7. The Morgan fingerprint density at radius 1 is 1.03 bits per heavy atom. The minimum atomic E-state index is -4.65. The Bertz CT molecular complexity index is 1110. The van der Waals surface area contributed by atoms with Crippen molar-refractivity contribution in [3.63, 3.8) is 0 Å². The highest BCUT2D eigenvalue weighted by Gasteiger charge is 2.36. The fraction of sp³-hybridized carbons (Fsp3) is 0.250. The van der Waals surface area contributed by atoms with Crippen LogP contribution in [-0.2, 0) is 6.18 Å². The maximum atomic E-state index is 13.0. The smallest absolute Gasteiger partial charge is 0.435 e. The van der Waals surface area contributed by atoms with Gasteiger partial charge in [0.25, 0.3) is 0 Å². The lowest BCUT2D eigenvalue weighted by atomic mass is 10.1. The predicted molar refractivity (Wildman–Crippen MR) is 125 cm³/mol. The van der Waals surface area contributed by atoms with Gasteiger partial charge in [-0.1, -0.05) is 0 Å². The molecule has 3 aromatic rings. The van der Waals surface area contributed by atoms with Crippen LogP contribution in [0.4, 0.5) is 13.2 Å². The van der Waals surface area contributed by atoms with Gasteiger partial charge in [0, 0.05) is 24.2 Å². The van der Waals surface area contributed by atoms with Gasteiger partial charge >= 0.3 is 6.18 Å². The highest BCUT2D eigenvalue weighted by atomic mass is 19.4. The number of aromatic nitrogens is 2. The molecule has 0 aliphatic carbocycles. The van der Waals surface area contributed by atoms with Gasteiger partial charge in [-0.2, -0.15) is 18.3 Å². The molecule has 1 heterocycles. The van der Waals surface area contributed by atoms with Crippen LogP contribution >= 0.6 is 0 Å². The molecule has 0 saturated heterocycles. The first-order chi connectivity index (χ1) is 16.7. The van der Waals surface area contributed by atoms with Crippen molar-refractivity contribution in [1.29, 1.82) is 0 Å². The molecule has 1 N–H and O–H groups in total. The highest BCUT2D eigenvalue weighted by molar-refractivity contribution is 5.81. The number of nitrogens with zero attached hydrogens (tertiary/aromatic N) is 3. The molecule has 1 aromatic heterocycles. The Balaban J connectivity index is 0.000000269. The first-order valence-electron chi connectivity index (χ1n) is 10.3. The van der Waals surface area contributed by atoms with E-state index in [1.54, 1.807) is 34.4 Å². The van der Waals surface area contributed by atoms with E-state index in [1.807, 2.05) is 18.2 Å². The van der Waals surface area contributed by atoms with Gasteiger partial charge in [-0.15, -0.1) is 0 Å². The molecule has 0 bridgehead atoms. The maximum absolute atomic E-state index is 13.0. The average Bonchev–Trinajstić information content (AvgIpc) is 2.87. The number of carbonyl (C=O) groups is 1. The summed E-state index contributed by atoms with van der Waals surface area (Å²) < 4.78 is 54.3. The summed E-state index contributed by atoms with van der Waals surface area (Å²) in [6, 6.07) is 11.5. The fourth-order valence-corrected chi connectivity index (χ4v) is 2.79. The van der Waals surface area contributed by atoms with Crippen LogP contribution in [0.25, 0.3) is 11.3 Å². The van der Waals surface area contributed by atoms with Crippen molar-refractivity contribution in [3.05, 3.63) is 65.6 Å². The first kappa shape index (κ1) is 27.1. The zero-order valence-corrected chi connectivity index (χ0v) is 19.6. The van der Waals surface area contributed by atoms with Crippen molar-refractivity contribution in [2.24, 2.45) is 5.10 Å². The molecule has 0 radical (unpaired) electrons. The molecule has 35 heavy (non-hydrogen) atoms. The van der Waals surface area contributed by atoms with Crippen LogP contribution in [0.2, 0.25) is 0 Å². The number of methoxy groups -OCH3 is 2. The molecule has 0 atom stereocenters. The van der Waals surface area contributed by atoms with Crippen LogP contribution < -0.4 is 19.6 Å². The van der Waals surface area contributed by atoms with E-state index in [0.29, 0.717) is 18.6 Å². The molecule has 0 fully saturated rings. The van der Waals surface area contributed by atoms with Crippen molar-refractivity contribution in [3.8, 4) is 28.5 Å². The molecular formula is C24H25F3N4O4. The molecular weight excluding hydrogens is 465 g/mol. The van der Waals surface area contributed by atoms with Crippen LogP contribution in [0.3, 0.4) is 0 Å². The Kier molecular flexibility index (Phi) is 10.0. The largest absolute Gasteiger partial charge is 0.497 e. The van der Waals surface area contributed by atoms with Gasteiger partial charge in [-0.05, 0) is 43.3 Å². The van der Waals surface area contributed by atoms with Crippen molar-refractivity contribution >= 4 is 12.5 Å². The topological polar surface area (TPSA) is 94.9 Å². The Morgan fingerprint density at radius 2 is 1.66 bits per heavy atom. The third-order valence-electron chi connectivity index (χ3n) is 4.34. The number of carbonyl (C=O) groups excluding carboxylic acids is 1. The van der Waals surface area contributed by atoms with Gasteiger partial charge in [-0.3, -0.25) is 4.79 Å². The van der Waals surface area contributed by atoms with Crippen molar-refractivity contribution in [2.45, 2.75) is 13.1 Å².